The highest BCUT2D eigenvalue weighted by Crippen LogP contribution is 2.32. The molecule has 114 valence electrons. The molecule has 1 heterocycles. The van der Waals surface area contributed by atoms with Gasteiger partial charge < -0.3 is 4.42 Å². The Morgan fingerprint density at radius 1 is 0.652 bits per heavy atom. The maximum atomic E-state index is 5.99. The van der Waals surface area contributed by atoms with Crippen molar-refractivity contribution in [3.63, 3.8) is 0 Å². The zero-order valence-electron chi connectivity index (χ0n) is 13.8. The molecule has 0 aliphatic heterocycles. The van der Waals surface area contributed by atoms with Crippen LogP contribution in [0.25, 0.3) is 33.1 Å². The standard InChI is InChI=1S/C22H20O/c1-22(2,3)17-11-8-15(9-12-17)16-10-13-19-18-6-4-5-7-20(18)23-21(19)14-16/h4-14H,1-3H3. The number of para-hydroxylation sites is 1. The van der Waals surface area contributed by atoms with Crippen molar-refractivity contribution >= 4 is 21.9 Å². The van der Waals surface area contributed by atoms with E-state index in [1.165, 1.54) is 27.5 Å². The van der Waals surface area contributed by atoms with Crippen LogP contribution >= 0.6 is 0 Å². The Labute approximate surface area is 136 Å². The van der Waals surface area contributed by atoms with Gasteiger partial charge in [-0.05, 0) is 40.3 Å². The smallest absolute Gasteiger partial charge is 0.136 e. The van der Waals surface area contributed by atoms with Gasteiger partial charge in [-0.1, -0.05) is 69.3 Å². The van der Waals surface area contributed by atoms with Crippen molar-refractivity contribution in [1.82, 2.24) is 0 Å². The van der Waals surface area contributed by atoms with E-state index in [9.17, 15) is 0 Å². The molecule has 0 N–H and O–H groups in total. The van der Waals surface area contributed by atoms with Gasteiger partial charge in [0.1, 0.15) is 11.2 Å². The normalized spacial score (nSPS) is 12.1. The second kappa shape index (κ2) is 4.99. The molecule has 4 aromatic rings. The fourth-order valence-electron chi connectivity index (χ4n) is 3.07. The van der Waals surface area contributed by atoms with Crippen LogP contribution in [-0.2, 0) is 5.41 Å². The first-order valence-corrected chi connectivity index (χ1v) is 8.04. The van der Waals surface area contributed by atoms with Crippen LogP contribution in [0.5, 0.6) is 0 Å². The van der Waals surface area contributed by atoms with E-state index >= 15 is 0 Å². The Morgan fingerprint density at radius 3 is 2.04 bits per heavy atom. The molecule has 0 amide bonds. The van der Waals surface area contributed by atoms with E-state index in [4.69, 9.17) is 4.42 Å². The van der Waals surface area contributed by atoms with Crippen LogP contribution < -0.4 is 0 Å². The third-order valence-corrected chi connectivity index (χ3v) is 4.46. The molecule has 0 atom stereocenters. The minimum atomic E-state index is 0.182. The van der Waals surface area contributed by atoms with E-state index < -0.39 is 0 Å². The van der Waals surface area contributed by atoms with Crippen LogP contribution in [0.3, 0.4) is 0 Å². The molecule has 0 fully saturated rings. The minimum Gasteiger partial charge on any atom is -0.456 e. The quantitative estimate of drug-likeness (QED) is 0.388. The van der Waals surface area contributed by atoms with Crippen LogP contribution in [0, 0.1) is 0 Å². The third-order valence-electron chi connectivity index (χ3n) is 4.46. The van der Waals surface area contributed by atoms with Crippen LogP contribution in [0.15, 0.2) is 71.1 Å². The molecular weight excluding hydrogens is 280 g/mol. The number of furan rings is 1. The van der Waals surface area contributed by atoms with Gasteiger partial charge in [0, 0.05) is 10.8 Å². The average Bonchev–Trinajstić information content (AvgIpc) is 2.92. The molecular formula is C22H20O. The van der Waals surface area contributed by atoms with Crippen molar-refractivity contribution in [3.8, 4) is 11.1 Å². The van der Waals surface area contributed by atoms with Crippen molar-refractivity contribution in [2.45, 2.75) is 26.2 Å². The van der Waals surface area contributed by atoms with Gasteiger partial charge in [0.2, 0.25) is 0 Å². The Balaban J connectivity index is 1.81. The van der Waals surface area contributed by atoms with E-state index in [1.54, 1.807) is 0 Å². The molecule has 0 aliphatic carbocycles. The summed E-state index contributed by atoms with van der Waals surface area (Å²) in [6.45, 7) is 6.72. The number of fused-ring (bicyclic) bond motifs is 3. The van der Waals surface area contributed by atoms with Gasteiger partial charge in [-0.15, -0.1) is 0 Å². The summed E-state index contributed by atoms with van der Waals surface area (Å²) in [5.74, 6) is 0. The maximum Gasteiger partial charge on any atom is 0.136 e. The van der Waals surface area contributed by atoms with E-state index in [1.807, 2.05) is 12.1 Å². The Hall–Kier alpha value is -2.54. The van der Waals surface area contributed by atoms with Gasteiger partial charge in [0.15, 0.2) is 0 Å². The molecule has 3 aromatic carbocycles. The summed E-state index contributed by atoms with van der Waals surface area (Å²) in [7, 11) is 0. The lowest BCUT2D eigenvalue weighted by atomic mass is 9.86. The highest BCUT2D eigenvalue weighted by molar-refractivity contribution is 6.05. The van der Waals surface area contributed by atoms with Gasteiger partial charge >= 0.3 is 0 Å². The molecule has 0 aliphatic rings. The lowest BCUT2D eigenvalue weighted by Crippen LogP contribution is -2.10. The molecule has 23 heavy (non-hydrogen) atoms. The summed E-state index contributed by atoms with van der Waals surface area (Å²) in [5, 5.41) is 2.35. The lowest BCUT2D eigenvalue weighted by Gasteiger charge is -2.19. The molecule has 0 saturated heterocycles. The number of hydrogen-bond acceptors (Lipinski definition) is 1. The van der Waals surface area contributed by atoms with Crippen molar-refractivity contribution in [3.05, 3.63) is 72.3 Å². The summed E-state index contributed by atoms with van der Waals surface area (Å²) in [4.78, 5) is 0. The third kappa shape index (κ3) is 2.43. The van der Waals surface area contributed by atoms with Crippen LogP contribution in [0.1, 0.15) is 26.3 Å². The molecule has 1 nitrogen and oxygen atoms in total. The first kappa shape index (κ1) is 14.1. The largest absolute Gasteiger partial charge is 0.456 e. The predicted molar refractivity (Wildman–Crippen MR) is 97.9 cm³/mol. The van der Waals surface area contributed by atoms with Crippen LogP contribution in [0.2, 0.25) is 0 Å². The molecule has 1 aromatic heterocycles. The minimum absolute atomic E-state index is 0.182. The predicted octanol–water partition coefficient (Wildman–Crippen LogP) is 6.55. The molecule has 0 bridgehead atoms. The second-order valence-electron chi connectivity index (χ2n) is 7.14. The van der Waals surface area contributed by atoms with Gasteiger partial charge in [-0.2, -0.15) is 0 Å². The van der Waals surface area contributed by atoms with E-state index in [0.717, 1.165) is 11.2 Å². The number of rotatable bonds is 1. The summed E-state index contributed by atoms with van der Waals surface area (Å²) in [6.07, 6.45) is 0. The fraction of sp³-hybridized carbons (Fsp3) is 0.182. The van der Waals surface area contributed by atoms with Crippen molar-refractivity contribution in [2.24, 2.45) is 0 Å². The zero-order chi connectivity index (χ0) is 16.0. The van der Waals surface area contributed by atoms with Crippen LogP contribution in [-0.4, -0.2) is 0 Å². The van der Waals surface area contributed by atoms with E-state index in [0.29, 0.717) is 0 Å². The number of hydrogen-bond donors (Lipinski definition) is 0. The topological polar surface area (TPSA) is 13.1 Å². The molecule has 0 spiro atoms. The molecule has 0 saturated carbocycles. The molecule has 0 unspecified atom stereocenters. The van der Waals surface area contributed by atoms with E-state index in [-0.39, 0.29) is 5.41 Å². The Bertz CT molecular complexity index is 982. The zero-order valence-corrected chi connectivity index (χ0v) is 13.8. The Morgan fingerprint density at radius 2 is 1.30 bits per heavy atom. The van der Waals surface area contributed by atoms with Gasteiger partial charge in [-0.3, -0.25) is 0 Å². The summed E-state index contributed by atoms with van der Waals surface area (Å²) >= 11 is 0. The van der Waals surface area contributed by atoms with Crippen molar-refractivity contribution < 1.29 is 4.42 Å². The van der Waals surface area contributed by atoms with Gasteiger partial charge in [0.25, 0.3) is 0 Å². The highest BCUT2D eigenvalue weighted by atomic mass is 16.3. The van der Waals surface area contributed by atoms with Gasteiger partial charge in [0.05, 0.1) is 0 Å². The summed E-state index contributed by atoms with van der Waals surface area (Å²) in [6, 6.07) is 23.5. The SMILES string of the molecule is CC(C)(C)c1ccc(-c2ccc3c(c2)oc2ccccc23)cc1. The molecule has 0 radical (unpaired) electrons. The monoisotopic (exact) mass is 300 g/mol. The van der Waals surface area contributed by atoms with Crippen molar-refractivity contribution in [1.29, 1.82) is 0 Å². The summed E-state index contributed by atoms with van der Waals surface area (Å²) < 4.78 is 5.99. The summed E-state index contributed by atoms with van der Waals surface area (Å²) in [5.41, 5.74) is 5.84. The average molecular weight is 300 g/mol. The Kier molecular flexibility index (Phi) is 3.05. The highest BCUT2D eigenvalue weighted by Gasteiger charge is 2.13. The van der Waals surface area contributed by atoms with Crippen molar-refractivity contribution in [2.75, 3.05) is 0 Å². The molecule has 4 rings (SSSR count). The van der Waals surface area contributed by atoms with E-state index in [2.05, 4.69) is 75.4 Å². The molecule has 1 heteroatoms. The first-order chi connectivity index (χ1) is 11.0. The first-order valence-electron chi connectivity index (χ1n) is 8.04. The fourth-order valence-corrected chi connectivity index (χ4v) is 3.07. The van der Waals surface area contributed by atoms with Crippen LogP contribution in [0.4, 0.5) is 0 Å². The van der Waals surface area contributed by atoms with Gasteiger partial charge in [-0.25, -0.2) is 0 Å². The lowest BCUT2D eigenvalue weighted by molar-refractivity contribution is 0.590. The second-order valence-corrected chi connectivity index (χ2v) is 7.14. The number of benzene rings is 3. The maximum absolute atomic E-state index is 5.99.